The van der Waals surface area contributed by atoms with Crippen molar-refractivity contribution in [3.63, 3.8) is 0 Å². The minimum absolute atomic E-state index is 0.594. The third kappa shape index (κ3) is 3.57. The Balaban J connectivity index is 1.93. The van der Waals surface area contributed by atoms with Crippen LogP contribution in [0.1, 0.15) is 52.4 Å². The summed E-state index contributed by atoms with van der Waals surface area (Å²) >= 11 is 0. The van der Waals surface area contributed by atoms with Crippen LogP contribution in [0.15, 0.2) is 0 Å². The van der Waals surface area contributed by atoms with Gasteiger partial charge in [0.05, 0.1) is 6.10 Å². The molecule has 1 nitrogen and oxygen atoms in total. The van der Waals surface area contributed by atoms with Crippen LogP contribution in [0.5, 0.6) is 0 Å². The van der Waals surface area contributed by atoms with Crippen LogP contribution in [0.3, 0.4) is 0 Å². The lowest BCUT2D eigenvalue weighted by Crippen LogP contribution is -2.04. The molecule has 0 saturated carbocycles. The molecule has 1 heteroatoms. The Morgan fingerprint density at radius 1 is 1.25 bits per heavy atom. The lowest BCUT2D eigenvalue weighted by atomic mass is 10.0. The molecule has 72 valence electrons. The molecular weight excluding hydrogens is 148 g/mol. The van der Waals surface area contributed by atoms with Crippen molar-refractivity contribution in [2.45, 2.75) is 58.5 Å². The molecule has 0 aromatic carbocycles. The zero-order valence-corrected chi connectivity index (χ0v) is 8.51. The minimum atomic E-state index is 0.594. The van der Waals surface area contributed by atoms with Crippen LogP contribution >= 0.6 is 0 Å². The summed E-state index contributed by atoms with van der Waals surface area (Å²) in [5, 5.41) is 0. The van der Waals surface area contributed by atoms with Crippen molar-refractivity contribution in [2.75, 3.05) is 6.61 Å². The fourth-order valence-corrected chi connectivity index (χ4v) is 1.89. The minimum Gasteiger partial charge on any atom is -0.378 e. The topological polar surface area (TPSA) is 9.23 Å². The van der Waals surface area contributed by atoms with Crippen molar-refractivity contribution in [3.05, 3.63) is 0 Å². The average Bonchev–Trinajstić information content (AvgIpc) is 2.45. The molecule has 0 aliphatic carbocycles. The molecule has 0 N–H and O–H groups in total. The highest BCUT2D eigenvalue weighted by molar-refractivity contribution is 4.69. The first-order valence-electron chi connectivity index (χ1n) is 5.44. The zero-order chi connectivity index (χ0) is 8.81. The van der Waals surface area contributed by atoms with Crippen molar-refractivity contribution in [2.24, 2.45) is 5.92 Å². The Kier molecular flexibility index (Phi) is 4.67. The van der Waals surface area contributed by atoms with E-state index in [-0.39, 0.29) is 0 Å². The quantitative estimate of drug-likeness (QED) is 0.575. The zero-order valence-electron chi connectivity index (χ0n) is 8.51. The molecule has 2 unspecified atom stereocenters. The van der Waals surface area contributed by atoms with E-state index >= 15 is 0 Å². The summed E-state index contributed by atoms with van der Waals surface area (Å²) in [5.41, 5.74) is 0. The van der Waals surface area contributed by atoms with Crippen molar-refractivity contribution < 1.29 is 4.74 Å². The molecule has 1 heterocycles. The van der Waals surface area contributed by atoms with Gasteiger partial charge in [0.1, 0.15) is 0 Å². The van der Waals surface area contributed by atoms with Gasteiger partial charge >= 0.3 is 0 Å². The van der Waals surface area contributed by atoms with Gasteiger partial charge < -0.3 is 4.74 Å². The van der Waals surface area contributed by atoms with E-state index < -0.39 is 0 Å². The van der Waals surface area contributed by atoms with Gasteiger partial charge in [0.15, 0.2) is 0 Å². The Bertz CT molecular complexity index is 112. The molecule has 1 aliphatic rings. The van der Waals surface area contributed by atoms with Gasteiger partial charge in [-0.2, -0.15) is 0 Å². The van der Waals surface area contributed by atoms with Gasteiger partial charge in [-0.05, 0) is 18.8 Å². The first-order chi connectivity index (χ1) is 5.83. The van der Waals surface area contributed by atoms with E-state index in [1.54, 1.807) is 0 Å². The van der Waals surface area contributed by atoms with Crippen LogP contribution in [0, 0.1) is 5.92 Å². The van der Waals surface area contributed by atoms with Gasteiger partial charge in [-0.3, -0.25) is 0 Å². The van der Waals surface area contributed by atoms with Crippen molar-refractivity contribution in [3.8, 4) is 0 Å². The van der Waals surface area contributed by atoms with Gasteiger partial charge in [0.25, 0.3) is 0 Å². The maximum atomic E-state index is 5.65. The van der Waals surface area contributed by atoms with Crippen LogP contribution in [-0.2, 0) is 4.74 Å². The third-order valence-electron chi connectivity index (χ3n) is 2.66. The van der Waals surface area contributed by atoms with E-state index in [1.807, 2.05) is 0 Å². The Hall–Kier alpha value is -0.0400. The molecule has 1 saturated heterocycles. The smallest absolute Gasteiger partial charge is 0.0578 e. The molecule has 2 atom stereocenters. The molecule has 0 aromatic rings. The average molecular weight is 170 g/mol. The summed E-state index contributed by atoms with van der Waals surface area (Å²) in [6.07, 6.45) is 8.67. The van der Waals surface area contributed by atoms with E-state index in [1.165, 1.54) is 38.5 Å². The van der Waals surface area contributed by atoms with Crippen LogP contribution < -0.4 is 0 Å². The summed E-state index contributed by atoms with van der Waals surface area (Å²) in [7, 11) is 0. The maximum absolute atomic E-state index is 5.65. The summed E-state index contributed by atoms with van der Waals surface area (Å²) in [4.78, 5) is 0. The maximum Gasteiger partial charge on any atom is 0.0578 e. The molecular formula is C11H22O. The first-order valence-corrected chi connectivity index (χ1v) is 5.44. The largest absolute Gasteiger partial charge is 0.378 e. The van der Waals surface area contributed by atoms with Crippen molar-refractivity contribution >= 4 is 0 Å². The molecule has 1 fully saturated rings. The van der Waals surface area contributed by atoms with Gasteiger partial charge in [-0.1, -0.05) is 39.5 Å². The summed E-state index contributed by atoms with van der Waals surface area (Å²) in [6.45, 7) is 5.54. The van der Waals surface area contributed by atoms with Crippen LogP contribution in [0.2, 0.25) is 0 Å². The predicted molar refractivity (Wildman–Crippen MR) is 52.3 cm³/mol. The van der Waals surface area contributed by atoms with Gasteiger partial charge in [-0.15, -0.1) is 0 Å². The van der Waals surface area contributed by atoms with E-state index in [0.717, 1.165) is 12.5 Å². The van der Waals surface area contributed by atoms with Crippen molar-refractivity contribution in [1.82, 2.24) is 0 Å². The highest BCUT2D eigenvalue weighted by atomic mass is 16.5. The van der Waals surface area contributed by atoms with E-state index in [2.05, 4.69) is 13.8 Å². The standard InChI is InChI=1S/C11H22O/c1-3-4-5-6-7-11-8-10(2)9-12-11/h10-11H,3-9H2,1-2H3. The SMILES string of the molecule is CCCCCCC1CC(C)CO1. The highest BCUT2D eigenvalue weighted by Gasteiger charge is 2.20. The third-order valence-corrected chi connectivity index (χ3v) is 2.66. The summed E-state index contributed by atoms with van der Waals surface area (Å²) < 4.78 is 5.65. The second kappa shape index (κ2) is 5.58. The molecule has 1 rings (SSSR count). The van der Waals surface area contributed by atoms with E-state index in [4.69, 9.17) is 4.74 Å². The van der Waals surface area contributed by atoms with Crippen LogP contribution in [-0.4, -0.2) is 12.7 Å². The second-order valence-corrected chi connectivity index (χ2v) is 4.15. The molecule has 0 amide bonds. The monoisotopic (exact) mass is 170 g/mol. The Morgan fingerprint density at radius 3 is 2.67 bits per heavy atom. The number of rotatable bonds is 5. The second-order valence-electron chi connectivity index (χ2n) is 4.15. The lowest BCUT2D eigenvalue weighted by molar-refractivity contribution is 0.0986. The van der Waals surface area contributed by atoms with Gasteiger partial charge in [-0.25, -0.2) is 0 Å². The number of hydrogen-bond acceptors (Lipinski definition) is 1. The van der Waals surface area contributed by atoms with Crippen LogP contribution in [0.4, 0.5) is 0 Å². The number of unbranched alkanes of at least 4 members (excludes halogenated alkanes) is 3. The molecule has 0 aromatic heterocycles. The fourth-order valence-electron chi connectivity index (χ4n) is 1.89. The summed E-state index contributed by atoms with van der Waals surface area (Å²) in [6, 6.07) is 0. The fraction of sp³-hybridized carbons (Fsp3) is 1.00. The highest BCUT2D eigenvalue weighted by Crippen LogP contribution is 2.22. The van der Waals surface area contributed by atoms with Gasteiger partial charge in [0.2, 0.25) is 0 Å². The molecule has 0 bridgehead atoms. The Morgan fingerprint density at radius 2 is 2.08 bits per heavy atom. The first kappa shape index (κ1) is 10.0. The van der Waals surface area contributed by atoms with E-state index in [0.29, 0.717) is 6.10 Å². The number of ether oxygens (including phenoxy) is 1. The molecule has 12 heavy (non-hydrogen) atoms. The Labute approximate surface area is 76.5 Å². The molecule has 0 radical (unpaired) electrons. The van der Waals surface area contributed by atoms with Crippen molar-refractivity contribution in [1.29, 1.82) is 0 Å². The lowest BCUT2D eigenvalue weighted by Gasteiger charge is -2.07. The normalized spacial score (nSPS) is 29.5. The number of hydrogen-bond donors (Lipinski definition) is 0. The molecule has 0 spiro atoms. The predicted octanol–water partition coefficient (Wildman–Crippen LogP) is 3.38. The van der Waals surface area contributed by atoms with Crippen LogP contribution in [0.25, 0.3) is 0 Å². The van der Waals surface area contributed by atoms with Gasteiger partial charge in [0, 0.05) is 6.61 Å². The summed E-state index contributed by atoms with van der Waals surface area (Å²) in [5.74, 6) is 0.807. The van der Waals surface area contributed by atoms with E-state index in [9.17, 15) is 0 Å². The molecule has 1 aliphatic heterocycles.